The first-order chi connectivity index (χ1) is 19.1. The molecule has 0 radical (unpaired) electrons. The molecule has 0 aromatic carbocycles. The fourth-order valence-electron chi connectivity index (χ4n) is 4.17. The minimum atomic E-state index is -1.85. The van der Waals surface area contributed by atoms with Crippen LogP contribution in [0.4, 0.5) is 4.79 Å². The number of hydrogen-bond acceptors (Lipinski definition) is 17. The van der Waals surface area contributed by atoms with Crippen LogP contribution in [0.25, 0.3) is 0 Å². The molecule has 10 atom stereocenters. The second-order valence-electron chi connectivity index (χ2n) is 8.90. The highest BCUT2D eigenvalue weighted by Crippen LogP contribution is 2.34. The van der Waals surface area contributed by atoms with Gasteiger partial charge in [-0.1, -0.05) is 0 Å². The van der Waals surface area contributed by atoms with E-state index in [0.717, 1.165) is 34.6 Å². The van der Waals surface area contributed by atoms with Gasteiger partial charge in [-0.25, -0.2) is 4.79 Å². The molecule has 2 saturated heterocycles. The quantitative estimate of drug-likeness (QED) is 0.175. The zero-order valence-corrected chi connectivity index (χ0v) is 22.8. The number of hydrogen-bond donors (Lipinski definition) is 3. The summed E-state index contributed by atoms with van der Waals surface area (Å²) in [6.45, 7) is 3.68. The van der Waals surface area contributed by atoms with E-state index in [4.69, 9.17) is 48.4 Å². The molecule has 1 amide bonds. The first kappa shape index (κ1) is 33.6. The largest absolute Gasteiger partial charge is 0.463 e. The van der Waals surface area contributed by atoms with Crippen LogP contribution in [0.2, 0.25) is 0 Å². The lowest BCUT2D eigenvalue weighted by Gasteiger charge is -2.47. The van der Waals surface area contributed by atoms with Gasteiger partial charge >= 0.3 is 35.9 Å². The van der Waals surface area contributed by atoms with E-state index in [-0.39, 0.29) is 0 Å². The maximum absolute atomic E-state index is 12.0. The first-order valence-electron chi connectivity index (χ1n) is 12.2. The zero-order valence-electron chi connectivity index (χ0n) is 22.8. The van der Waals surface area contributed by atoms with Crippen molar-refractivity contribution >= 4 is 35.9 Å². The van der Waals surface area contributed by atoms with Gasteiger partial charge in [0.1, 0.15) is 24.9 Å². The maximum Gasteiger partial charge on any atom is 0.405 e. The number of nitrogens with two attached hydrogens (primary N) is 1. The summed E-state index contributed by atoms with van der Waals surface area (Å²) >= 11 is 0. The van der Waals surface area contributed by atoms with Gasteiger partial charge in [0.05, 0.1) is 6.61 Å². The van der Waals surface area contributed by atoms with E-state index in [1.165, 1.54) is 0 Å². The van der Waals surface area contributed by atoms with Crippen LogP contribution in [0.1, 0.15) is 34.6 Å². The molecule has 0 bridgehead atoms. The van der Waals surface area contributed by atoms with Crippen LogP contribution in [0.3, 0.4) is 0 Å². The number of esters is 5. The lowest BCUT2D eigenvalue weighted by atomic mass is 9.96. The smallest absolute Gasteiger partial charge is 0.405 e. The molecule has 2 aliphatic heterocycles. The standard InChI is InChI=1S/C23H33NO17/c1-8(26)33-7-14-16(34-9(2)27)18(41-23(24)32)20(36-11(4)29)22(39-14)40-19-17(35-10(3)28)15(31)13(6-25)38-21(19)37-12(5)30/h13-22,25,31H,6-7H2,1-5H3,(H2,24,32)/t13-,14+,15+,16+,17-,18-,19-,20-,21-,22+/m0/s1. The number of aliphatic hydroxyl groups excluding tert-OH is 2. The Morgan fingerprint density at radius 1 is 0.634 bits per heavy atom. The normalized spacial score (nSPS) is 33.0. The summed E-state index contributed by atoms with van der Waals surface area (Å²) in [5.74, 6) is -4.45. The summed E-state index contributed by atoms with van der Waals surface area (Å²) < 4.78 is 48.1. The van der Waals surface area contributed by atoms with E-state index in [1.807, 2.05) is 0 Å². The van der Waals surface area contributed by atoms with Gasteiger partial charge in [-0.15, -0.1) is 0 Å². The molecule has 0 aromatic heterocycles. The van der Waals surface area contributed by atoms with Gasteiger partial charge in [0.2, 0.25) is 6.29 Å². The monoisotopic (exact) mass is 595 g/mol. The summed E-state index contributed by atoms with van der Waals surface area (Å²) in [6, 6.07) is 0. The Labute approximate surface area is 233 Å². The van der Waals surface area contributed by atoms with E-state index in [9.17, 15) is 39.0 Å². The number of aliphatic hydroxyl groups is 2. The molecule has 232 valence electrons. The number of carbonyl (C=O) groups excluding carboxylic acids is 6. The van der Waals surface area contributed by atoms with Crippen LogP contribution in [0.15, 0.2) is 0 Å². The highest BCUT2D eigenvalue weighted by molar-refractivity contribution is 5.68. The van der Waals surface area contributed by atoms with Crippen LogP contribution < -0.4 is 5.73 Å². The Bertz CT molecular complexity index is 987. The van der Waals surface area contributed by atoms with Gasteiger partial charge < -0.3 is 58.6 Å². The van der Waals surface area contributed by atoms with Crippen LogP contribution >= 0.6 is 0 Å². The summed E-state index contributed by atoms with van der Waals surface area (Å²) in [7, 11) is 0. The third kappa shape index (κ3) is 9.49. The van der Waals surface area contributed by atoms with E-state index >= 15 is 0 Å². The van der Waals surface area contributed by atoms with Crippen molar-refractivity contribution in [2.75, 3.05) is 13.2 Å². The van der Waals surface area contributed by atoms with Crippen LogP contribution in [0.5, 0.6) is 0 Å². The van der Waals surface area contributed by atoms with Gasteiger partial charge in [0, 0.05) is 34.6 Å². The molecular formula is C23H33NO17. The van der Waals surface area contributed by atoms with E-state index in [0.29, 0.717) is 0 Å². The third-order valence-corrected chi connectivity index (χ3v) is 5.57. The molecule has 2 rings (SSSR count). The van der Waals surface area contributed by atoms with Crippen molar-refractivity contribution in [3.63, 3.8) is 0 Å². The Balaban J connectivity index is 2.61. The van der Waals surface area contributed by atoms with Gasteiger partial charge in [-0.2, -0.15) is 0 Å². The molecule has 0 aromatic rings. The summed E-state index contributed by atoms with van der Waals surface area (Å²) in [5.41, 5.74) is 5.21. The topological polar surface area (TPSA) is 252 Å². The summed E-state index contributed by atoms with van der Waals surface area (Å²) in [6.07, 6.45) is -18.0. The second kappa shape index (κ2) is 14.9. The van der Waals surface area contributed by atoms with Crippen molar-refractivity contribution in [2.24, 2.45) is 5.73 Å². The highest BCUT2D eigenvalue weighted by atomic mass is 16.8. The van der Waals surface area contributed by atoms with Crippen molar-refractivity contribution in [1.82, 2.24) is 0 Å². The van der Waals surface area contributed by atoms with Crippen LogP contribution in [-0.2, 0) is 66.6 Å². The molecule has 0 unspecified atom stereocenters. The number of ether oxygens (including phenoxy) is 9. The van der Waals surface area contributed by atoms with Gasteiger partial charge in [-0.05, 0) is 0 Å². The lowest BCUT2D eigenvalue weighted by Crippen LogP contribution is -2.67. The molecule has 2 heterocycles. The van der Waals surface area contributed by atoms with Gasteiger partial charge in [0.25, 0.3) is 0 Å². The number of amides is 1. The van der Waals surface area contributed by atoms with Crippen molar-refractivity contribution in [2.45, 2.75) is 96.0 Å². The number of primary amides is 1. The number of rotatable bonds is 10. The maximum atomic E-state index is 12.0. The Hall–Kier alpha value is -3.58. The Kier molecular flexibility index (Phi) is 12.2. The average molecular weight is 596 g/mol. The summed E-state index contributed by atoms with van der Waals surface area (Å²) in [5, 5.41) is 20.4. The summed E-state index contributed by atoms with van der Waals surface area (Å²) in [4.78, 5) is 71.0. The third-order valence-electron chi connectivity index (χ3n) is 5.57. The van der Waals surface area contributed by atoms with Gasteiger partial charge in [-0.3, -0.25) is 24.0 Å². The number of carbonyl (C=O) groups is 6. The second-order valence-corrected chi connectivity index (χ2v) is 8.90. The van der Waals surface area contributed by atoms with Crippen LogP contribution in [0, 0.1) is 0 Å². The average Bonchev–Trinajstić information content (AvgIpc) is 2.83. The SMILES string of the molecule is CC(=O)OC[C@H]1O[C@H](O[C@@H]2[C@@H](OC(C)=O)O[C@@H](CO)[C@@H](O)[C@@H]2OC(C)=O)[C@@H](OC(C)=O)[C@@H](OC(N)=O)[C@@H]1OC(C)=O. The lowest BCUT2D eigenvalue weighted by molar-refractivity contribution is -0.362. The molecule has 2 aliphatic rings. The molecule has 0 aliphatic carbocycles. The van der Waals surface area contributed by atoms with Crippen molar-refractivity contribution < 1.29 is 81.6 Å². The molecule has 41 heavy (non-hydrogen) atoms. The van der Waals surface area contributed by atoms with Crippen molar-refractivity contribution in [3.8, 4) is 0 Å². The Morgan fingerprint density at radius 2 is 1.15 bits per heavy atom. The highest BCUT2D eigenvalue weighted by Gasteiger charge is 2.57. The van der Waals surface area contributed by atoms with E-state index < -0.39 is 111 Å². The molecule has 2 fully saturated rings. The fourth-order valence-corrected chi connectivity index (χ4v) is 4.17. The molecule has 4 N–H and O–H groups in total. The predicted molar refractivity (Wildman–Crippen MR) is 125 cm³/mol. The molecule has 18 heteroatoms. The van der Waals surface area contributed by atoms with E-state index in [2.05, 4.69) is 0 Å². The van der Waals surface area contributed by atoms with E-state index in [1.54, 1.807) is 0 Å². The zero-order chi connectivity index (χ0) is 31.0. The van der Waals surface area contributed by atoms with Crippen LogP contribution in [-0.4, -0.2) is 121 Å². The minimum Gasteiger partial charge on any atom is -0.463 e. The molecule has 0 saturated carbocycles. The van der Waals surface area contributed by atoms with Gasteiger partial charge in [0.15, 0.2) is 36.8 Å². The Morgan fingerprint density at radius 3 is 1.63 bits per heavy atom. The van der Waals surface area contributed by atoms with Crippen molar-refractivity contribution in [1.29, 1.82) is 0 Å². The van der Waals surface area contributed by atoms with Crippen molar-refractivity contribution in [3.05, 3.63) is 0 Å². The first-order valence-corrected chi connectivity index (χ1v) is 12.2. The molecular weight excluding hydrogens is 562 g/mol. The molecule has 0 spiro atoms. The predicted octanol–water partition coefficient (Wildman–Crippen LogP) is -2.44. The molecule has 18 nitrogen and oxygen atoms in total. The fraction of sp³-hybridized carbons (Fsp3) is 0.739. The minimum absolute atomic E-state index is 0.602.